The molecule has 2 nitrogen and oxygen atoms in total. The molecule has 0 unspecified atom stereocenters. The molecule has 0 saturated heterocycles. The molecule has 2 heteroatoms. The molecule has 0 aromatic heterocycles. The van der Waals surface area contributed by atoms with Gasteiger partial charge in [0.25, 0.3) is 0 Å². The first kappa shape index (κ1) is 10.2. The summed E-state index contributed by atoms with van der Waals surface area (Å²) in [6, 6.07) is 0. The second-order valence-electron chi connectivity index (χ2n) is 5.46. The highest BCUT2D eigenvalue weighted by Gasteiger charge is 2.54. The van der Waals surface area contributed by atoms with Gasteiger partial charge in [-0.25, -0.2) is 0 Å². The molecule has 0 heterocycles. The molecule has 0 amide bonds. The Bertz CT molecular complexity index is 257. The van der Waals surface area contributed by atoms with Gasteiger partial charge in [-0.3, -0.25) is 4.79 Å². The van der Waals surface area contributed by atoms with Crippen molar-refractivity contribution in [2.24, 2.45) is 11.3 Å². The summed E-state index contributed by atoms with van der Waals surface area (Å²) < 4.78 is 0. The predicted molar refractivity (Wildman–Crippen MR) is 54.9 cm³/mol. The largest absolute Gasteiger partial charge is 0.390 e. The molecular weight excluding hydrogens is 176 g/mol. The van der Waals surface area contributed by atoms with E-state index in [1.165, 1.54) is 0 Å². The van der Waals surface area contributed by atoms with E-state index < -0.39 is 5.60 Å². The van der Waals surface area contributed by atoms with Crippen molar-refractivity contribution in [2.45, 2.75) is 58.0 Å². The molecule has 0 aromatic carbocycles. The molecule has 2 rings (SSSR count). The first-order valence-electron chi connectivity index (χ1n) is 5.72. The highest BCUT2D eigenvalue weighted by Crippen LogP contribution is 2.53. The van der Waals surface area contributed by atoms with Gasteiger partial charge in [-0.05, 0) is 39.0 Å². The summed E-state index contributed by atoms with van der Waals surface area (Å²) >= 11 is 0. The van der Waals surface area contributed by atoms with Gasteiger partial charge in [-0.2, -0.15) is 0 Å². The normalized spacial score (nSPS) is 48.8. The van der Waals surface area contributed by atoms with Gasteiger partial charge in [-0.15, -0.1) is 0 Å². The molecule has 0 bridgehead atoms. The smallest absolute Gasteiger partial charge is 0.136 e. The molecule has 1 N–H and O–H groups in total. The van der Waals surface area contributed by atoms with Crippen LogP contribution in [-0.4, -0.2) is 16.5 Å². The molecule has 2 fully saturated rings. The Labute approximate surface area is 85.7 Å². The minimum atomic E-state index is -0.633. The minimum Gasteiger partial charge on any atom is -0.390 e. The first-order valence-corrected chi connectivity index (χ1v) is 5.72. The Morgan fingerprint density at radius 2 is 2.00 bits per heavy atom. The summed E-state index contributed by atoms with van der Waals surface area (Å²) in [5, 5.41) is 10.4. The second-order valence-corrected chi connectivity index (χ2v) is 5.46. The quantitative estimate of drug-likeness (QED) is 0.645. The van der Waals surface area contributed by atoms with Crippen LogP contribution >= 0.6 is 0 Å². The van der Waals surface area contributed by atoms with Crippen molar-refractivity contribution in [1.82, 2.24) is 0 Å². The van der Waals surface area contributed by atoms with Crippen LogP contribution in [0.25, 0.3) is 0 Å². The molecular formula is C12H20O2. The summed E-state index contributed by atoms with van der Waals surface area (Å²) in [5.41, 5.74) is -0.785. The Hall–Kier alpha value is -0.370. The van der Waals surface area contributed by atoms with Gasteiger partial charge >= 0.3 is 0 Å². The average molecular weight is 196 g/mol. The number of aliphatic hydroxyl groups is 1. The standard InChI is InChI=1S/C12H20O2/c1-11-7-4-6-10(13)9(11)5-3-8-12(11,2)14/h9,14H,3-8H2,1-2H3/t9-,11-,12-/m0/s1. The Balaban J connectivity index is 2.33. The fourth-order valence-electron chi connectivity index (χ4n) is 3.39. The van der Waals surface area contributed by atoms with Crippen LogP contribution in [-0.2, 0) is 4.79 Å². The number of carbonyl (C=O) groups excluding carboxylic acids is 1. The summed E-state index contributed by atoms with van der Waals surface area (Å²) in [6.45, 7) is 4.02. The van der Waals surface area contributed by atoms with Gasteiger partial charge in [0, 0.05) is 17.8 Å². The maximum Gasteiger partial charge on any atom is 0.136 e. The first-order chi connectivity index (χ1) is 6.47. The van der Waals surface area contributed by atoms with Crippen molar-refractivity contribution in [2.75, 3.05) is 0 Å². The number of carbonyl (C=O) groups is 1. The molecule has 14 heavy (non-hydrogen) atoms. The minimum absolute atomic E-state index is 0.125. The zero-order chi connectivity index (χ0) is 10.4. The number of fused-ring (bicyclic) bond motifs is 1. The van der Waals surface area contributed by atoms with Gasteiger partial charge in [0.1, 0.15) is 5.78 Å². The Kier molecular flexibility index (Phi) is 2.22. The van der Waals surface area contributed by atoms with Crippen LogP contribution in [0.5, 0.6) is 0 Å². The van der Waals surface area contributed by atoms with Gasteiger partial charge in [0.05, 0.1) is 5.60 Å². The topological polar surface area (TPSA) is 37.3 Å². The van der Waals surface area contributed by atoms with E-state index in [0.29, 0.717) is 5.78 Å². The number of rotatable bonds is 0. The van der Waals surface area contributed by atoms with Gasteiger partial charge in [-0.1, -0.05) is 6.92 Å². The molecule has 0 spiro atoms. The van der Waals surface area contributed by atoms with E-state index in [1.807, 2.05) is 6.92 Å². The Morgan fingerprint density at radius 3 is 2.64 bits per heavy atom. The number of ketones is 1. The number of hydrogen-bond donors (Lipinski definition) is 1. The fourth-order valence-corrected chi connectivity index (χ4v) is 3.39. The number of hydrogen-bond acceptors (Lipinski definition) is 2. The van der Waals surface area contributed by atoms with E-state index in [0.717, 1.165) is 38.5 Å². The van der Waals surface area contributed by atoms with Gasteiger partial charge < -0.3 is 5.11 Å². The van der Waals surface area contributed by atoms with E-state index in [9.17, 15) is 9.90 Å². The predicted octanol–water partition coefficient (Wildman–Crippen LogP) is 2.30. The van der Waals surface area contributed by atoms with Crippen LogP contribution in [0.2, 0.25) is 0 Å². The van der Waals surface area contributed by atoms with Crippen molar-refractivity contribution in [3.63, 3.8) is 0 Å². The highest BCUT2D eigenvalue weighted by atomic mass is 16.3. The zero-order valence-electron chi connectivity index (χ0n) is 9.18. The average Bonchev–Trinajstić information content (AvgIpc) is 2.08. The van der Waals surface area contributed by atoms with Crippen LogP contribution in [0.1, 0.15) is 52.4 Å². The fraction of sp³-hybridized carbons (Fsp3) is 0.917. The molecule has 0 radical (unpaired) electrons. The van der Waals surface area contributed by atoms with Crippen molar-refractivity contribution in [3.05, 3.63) is 0 Å². The SMILES string of the molecule is C[C@]1(O)CCC[C@H]2C(=O)CCC[C@@]21C. The number of Topliss-reactive ketones (excluding diaryl/α,β-unsaturated/α-hetero) is 1. The van der Waals surface area contributed by atoms with Crippen LogP contribution in [0, 0.1) is 11.3 Å². The van der Waals surface area contributed by atoms with E-state index in [1.54, 1.807) is 0 Å². The second kappa shape index (κ2) is 3.06. The molecule has 0 aliphatic heterocycles. The van der Waals surface area contributed by atoms with E-state index >= 15 is 0 Å². The van der Waals surface area contributed by atoms with E-state index in [-0.39, 0.29) is 11.3 Å². The van der Waals surface area contributed by atoms with Crippen molar-refractivity contribution in [3.8, 4) is 0 Å². The summed E-state index contributed by atoms with van der Waals surface area (Å²) in [5.74, 6) is 0.513. The van der Waals surface area contributed by atoms with Gasteiger partial charge in [0.2, 0.25) is 0 Å². The van der Waals surface area contributed by atoms with Crippen molar-refractivity contribution in [1.29, 1.82) is 0 Å². The molecule has 3 atom stereocenters. The summed E-state index contributed by atoms with van der Waals surface area (Å²) in [6.07, 6.45) is 5.55. The van der Waals surface area contributed by atoms with Crippen molar-refractivity contribution >= 4 is 5.78 Å². The van der Waals surface area contributed by atoms with Crippen LogP contribution in [0.3, 0.4) is 0 Å². The van der Waals surface area contributed by atoms with Gasteiger partial charge in [0.15, 0.2) is 0 Å². The third-order valence-electron chi connectivity index (χ3n) is 4.66. The van der Waals surface area contributed by atoms with Crippen LogP contribution in [0.15, 0.2) is 0 Å². The van der Waals surface area contributed by atoms with Crippen molar-refractivity contribution < 1.29 is 9.90 Å². The highest BCUT2D eigenvalue weighted by molar-refractivity contribution is 5.83. The van der Waals surface area contributed by atoms with E-state index in [2.05, 4.69) is 6.92 Å². The van der Waals surface area contributed by atoms with Crippen LogP contribution in [0.4, 0.5) is 0 Å². The van der Waals surface area contributed by atoms with E-state index in [4.69, 9.17) is 0 Å². The molecule has 2 aliphatic rings. The monoisotopic (exact) mass is 196 g/mol. The third kappa shape index (κ3) is 1.23. The lowest BCUT2D eigenvalue weighted by Crippen LogP contribution is -2.55. The lowest BCUT2D eigenvalue weighted by atomic mass is 9.53. The maximum atomic E-state index is 11.8. The van der Waals surface area contributed by atoms with Crippen LogP contribution < -0.4 is 0 Å². The lowest BCUT2D eigenvalue weighted by Gasteiger charge is -2.53. The third-order valence-corrected chi connectivity index (χ3v) is 4.66. The zero-order valence-corrected chi connectivity index (χ0v) is 9.18. The Morgan fingerprint density at radius 1 is 1.29 bits per heavy atom. The molecule has 2 saturated carbocycles. The summed E-state index contributed by atoms with van der Waals surface area (Å²) in [4.78, 5) is 11.8. The maximum absolute atomic E-state index is 11.8. The molecule has 2 aliphatic carbocycles. The molecule has 80 valence electrons. The summed E-state index contributed by atoms with van der Waals surface area (Å²) in [7, 11) is 0. The lowest BCUT2D eigenvalue weighted by molar-refractivity contribution is -0.161. The molecule has 0 aromatic rings.